The summed E-state index contributed by atoms with van der Waals surface area (Å²) in [4.78, 5) is 25.5. The van der Waals surface area contributed by atoms with Crippen LogP contribution < -0.4 is 5.73 Å². The molecule has 1 atom stereocenters. The molecule has 1 aromatic carbocycles. The molecule has 1 aliphatic rings. The Morgan fingerprint density at radius 2 is 2.05 bits per heavy atom. The first-order valence-electron chi connectivity index (χ1n) is 6.50. The first-order valence-corrected chi connectivity index (χ1v) is 6.50. The van der Waals surface area contributed by atoms with Crippen LogP contribution in [-0.4, -0.2) is 36.2 Å². The zero-order valence-corrected chi connectivity index (χ0v) is 11.4. The number of likely N-dealkylation sites (tertiary alicyclic amines) is 1. The second-order valence-electron chi connectivity index (χ2n) is 5.50. The highest BCUT2D eigenvalue weighted by molar-refractivity contribution is 5.97. The Labute approximate surface area is 118 Å². The molecule has 0 aromatic heterocycles. The van der Waals surface area contributed by atoms with Crippen molar-refractivity contribution in [3.8, 4) is 6.07 Å². The Bertz CT molecular complexity index is 574. The monoisotopic (exact) mass is 271 g/mol. The fourth-order valence-corrected chi connectivity index (χ4v) is 2.42. The summed E-state index contributed by atoms with van der Waals surface area (Å²) in [7, 11) is 0. The molecule has 0 saturated carbocycles. The molecule has 1 fully saturated rings. The molecule has 0 radical (unpaired) electrons. The summed E-state index contributed by atoms with van der Waals surface area (Å²) in [6, 6.07) is 8.59. The quantitative estimate of drug-likeness (QED) is 0.825. The van der Waals surface area contributed by atoms with E-state index >= 15 is 0 Å². The number of Topliss-reactive ketones (excluding diaryl/α,β-unsaturated/α-hetero) is 1. The van der Waals surface area contributed by atoms with Gasteiger partial charge < -0.3 is 5.73 Å². The molecule has 1 saturated heterocycles. The standard InChI is InChI=1S/C15H17N3O2/c1-15(14(17)20)6-7-18(10-15)9-13(19)12-4-2-11(8-16)3-5-12/h2-5H,6-7,9-10H2,1H3,(H2,17,20). The van der Waals surface area contributed by atoms with Gasteiger partial charge in [0.15, 0.2) is 5.78 Å². The Morgan fingerprint density at radius 1 is 1.40 bits per heavy atom. The largest absolute Gasteiger partial charge is 0.369 e. The molecule has 0 aliphatic carbocycles. The predicted octanol–water partition coefficient (Wildman–Crippen LogP) is 0.938. The summed E-state index contributed by atoms with van der Waals surface area (Å²) < 4.78 is 0. The topological polar surface area (TPSA) is 87.2 Å². The van der Waals surface area contributed by atoms with E-state index in [1.54, 1.807) is 24.3 Å². The Kier molecular flexibility index (Phi) is 3.86. The van der Waals surface area contributed by atoms with Crippen molar-refractivity contribution in [1.82, 2.24) is 4.90 Å². The number of carbonyl (C=O) groups is 2. The van der Waals surface area contributed by atoms with E-state index in [1.165, 1.54) is 0 Å². The molecular weight excluding hydrogens is 254 g/mol. The molecule has 104 valence electrons. The van der Waals surface area contributed by atoms with E-state index in [0.29, 0.717) is 30.6 Å². The van der Waals surface area contributed by atoms with Gasteiger partial charge in [-0.15, -0.1) is 0 Å². The highest BCUT2D eigenvalue weighted by Gasteiger charge is 2.39. The Morgan fingerprint density at radius 3 is 2.55 bits per heavy atom. The van der Waals surface area contributed by atoms with Crippen molar-refractivity contribution < 1.29 is 9.59 Å². The minimum Gasteiger partial charge on any atom is -0.369 e. The van der Waals surface area contributed by atoms with Gasteiger partial charge in [-0.25, -0.2) is 0 Å². The number of nitrogens with zero attached hydrogens (tertiary/aromatic N) is 2. The fraction of sp³-hybridized carbons (Fsp3) is 0.400. The fourth-order valence-electron chi connectivity index (χ4n) is 2.42. The first kappa shape index (κ1) is 14.2. The van der Waals surface area contributed by atoms with Crippen LogP contribution in [0.4, 0.5) is 0 Å². The van der Waals surface area contributed by atoms with Crippen LogP contribution in [0.25, 0.3) is 0 Å². The molecule has 1 amide bonds. The lowest BCUT2D eigenvalue weighted by Gasteiger charge is -2.20. The molecule has 0 spiro atoms. The van der Waals surface area contributed by atoms with Crippen molar-refractivity contribution in [3.63, 3.8) is 0 Å². The van der Waals surface area contributed by atoms with Crippen LogP contribution in [0.3, 0.4) is 0 Å². The van der Waals surface area contributed by atoms with E-state index in [-0.39, 0.29) is 18.2 Å². The number of amides is 1. The van der Waals surface area contributed by atoms with Crippen LogP contribution in [0.15, 0.2) is 24.3 Å². The van der Waals surface area contributed by atoms with Gasteiger partial charge in [0.25, 0.3) is 0 Å². The molecular formula is C15H17N3O2. The highest BCUT2D eigenvalue weighted by atomic mass is 16.1. The van der Waals surface area contributed by atoms with Gasteiger partial charge in [0.2, 0.25) is 5.91 Å². The second-order valence-corrected chi connectivity index (χ2v) is 5.50. The number of nitriles is 1. The van der Waals surface area contributed by atoms with Crippen molar-refractivity contribution in [2.24, 2.45) is 11.1 Å². The van der Waals surface area contributed by atoms with Gasteiger partial charge in [-0.05, 0) is 32.0 Å². The number of rotatable bonds is 4. The third-order valence-corrected chi connectivity index (χ3v) is 3.85. The maximum Gasteiger partial charge on any atom is 0.224 e. The molecule has 5 nitrogen and oxygen atoms in total. The average Bonchev–Trinajstić information content (AvgIpc) is 2.82. The van der Waals surface area contributed by atoms with Gasteiger partial charge in [0.05, 0.1) is 23.6 Å². The molecule has 1 aliphatic heterocycles. The van der Waals surface area contributed by atoms with E-state index in [4.69, 9.17) is 11.0 Å². The number of benzene rings is 1. The molecule has 1 aromatic rings. The molecule has 5 heteroatoms. The minimum absolute atomic E-state index is 0.0109. The number of hydrogen-bond acceptors (Lipinski definition) is 4. The van der Waals surface area contributed by atoms with Crippen LogP contribution in [-0.2, 0) is 4.79 Å². The second kappa shape index (κ2) is 5.43. The van der Waals surface area contributed by atoms with Crippen LogP contribution in [0.2, 0.25) is 0 Å². The zero-order chi connectivity index (χ0) is 14.8. The maximum absolute atomic E-state index is 12.1. The van der Waals surface area contributed by atoms with Crippen molar-refractivity contribution in [2.75, 3.05) is 19.6 Å². The van der Waals surface area contributed by atoms with E-state index in [0.717, 1.165) is 0 Å². The maximum atomic E-state index is 12.1. The summed E-state index contributed by atoms with van der Waals surface area (Å²) in [5.41, 5.74) is 5.96. The predicted molar refractivity (Wildman–Crippen MR) is 73.8 cm³/mol. The number of carbonyl (C=O) groups excluding carboxylic acids is 2. The van der Waals surface area contributed by atoms with Crippen LogP contribution in [0, 0.1) is 16.7 Å². The smallest absolute Gasteiger partial charge is 0.224 e. The van der Waals surface area contributed by atoms with Gasteiger partial charge in [-0.1, -0.05) is 12.1 Å². The summed E-state index contributed by atoms with van der Waals surface area (Å²) in [6.45, 7) is 3.32. The van der Waals surface area contributed by atoms with Crippen molar-refractivity contribution >= 4 is 11.7 Å². The van der Waals surface area contributed by atoms with Gasteiger partial charge >= 0.3 is 0 Å². The molecule has 20 heavy (non-hydrogen) atoms. The van der Waals surface area contributed by atoms with Crippen molar-refractivity contribution in [1.29, 1.82) is 5.26 Å². The summed E-state index contributed by atoms with van der Waals surface area (Å²) in [5.74, 6) is -0.325. The number of nitrogens with two attached hydrogens (primary N) is 1. The van der Waals surface area contributed by atoms with E-state index in [9.17, 15) is 9.59 Å². The summed E-state index contributed by atoms with van der Waals surface area (Å²) >= 11 is 0. The Balaban J connectivity index is 1.99. The molecule has 1 heterocycles. The van der Waals surface area contributed by atoms with E-state index in [2.05, 4.69) is 0 Å². The normalized spacial score (nSPS) is 22.4. The van der Waals surface area contributed by atoms with Crippen molar-refractivity contribution in [3.05, 3.63) is 35.4 Å². The zero-order valence-electron chi connectivity index (χ0n) is 11.4. The Hall–Kier alpha value is -2.19. The third-order valence-electron chi connectivity index (χ3n) is 3.85. The van der Waals surface area contributed by atoms with Gasteiger partial charge in [-0.2, -0.15) is 5.26 Å². The van der Waals surface area contributed by atoms with Crippen LogP contribution in [0.1, 0.15) is 29.3 Å². The van der Waals surface area contributed by atoms with Crippen molar-refractivity contribution in [2.45, 2.75) is 13.3 Å². The lowest BCUT2D eigenvalue weighted by atomic mass is 9.89. The van der Waals surface area contributed by atoms with Gasteiger partial charge in [0.1, 0.15) is 0 Å². The van der Waals surface area contributed by atoms with Crippen LogP contribution in [0.5, 0.6) is 0 Å². The number of primary amides is 1. The third kappa shape index (κ3) is 2.86. The number of hydrogen-bond donors (Lipinski definition) is 1. The molecule has 0 bridgehead atoms. The van der Waals surface area contributed by atoms with Gasteiger partial charge in [0, 0.05) is 12.1 Å². The molecule has 2 rings (SSSR count). The lowest BCUT2D eigenvalue weighted by molar-refractivity contribution is -0.126. The van der Waals surface area contributed by atoms with Gasteiger partial charge in [-0.3, -0.25) is 14.5 Å². The van der Waals surface area contributed by atoms with E-state index < -0.39 is 5.41 Å². The average molecular weight is 271 g/mol. The summed E-state index contributed by atoms with van der Waals surface area (Å²) in [5, 5.41) is 8.72. The summed E-state index contributed by atoms with van der Waals surface area (Å²) in [6.07, 6.45) is 0.684. The highest BCUT2D eigenvalue weighted by Crippen LogP contribution is 2.29. The molecule has 2 N–H and O–H groups in total. The van der Waals surface area contributed by atoms with Crippen LogP contribution >= 0.6 is 0 Å². The van der Waals surface area contributed by atoms with E-state index in [1.807, 2.05) is 17.9 Å². The molecule has 1 unspecified atom stereocenters. The SMILES string of the molecule is CC1(C(N)=O)CCN(CC(=O)c2ccc(C#N)cc2)C1. The first-order chi connectivity index (χ1) is 9.44. The number of ketones is 1. The lowest BCUT2D eigenvalue weighted by Crippen LogP contribution is -2.38. The minimum atomic E-state index is -0.537.